The Labute approximate surface area is 67.3 Å². The predicted molar refractivity (Wildman–Crippen MR) is 44.0 cm³/mol. The van der Waals surface area contributed by atoms with E-state index in [4.69, 9.17) is 10.8 Å². The molecule has 0 radical (unpaired) electrons. The van der Waals surface area contributed by atoms with Crippen LogP contribution in [0.25, 0.3) is 0 Å². The van der Waals surface area contributed by atoms with E-state index in [0.717, 1.165) is 6.42 Å². The third-order valence-corrected chi connectivity index (χ3v) is 3.03. The van der Waals surface area contributed by atoms with Crippen molar-refractivity contribution in [3.63, 3.8) is 0 Å². The summed E-state index contributed by atoms with van der Waals surface area (Å²) >= 11 is 0. The molecular formula is C6H15NO3S. The molecule has 0 aromatic heterocycles. The Hall–Kier alpha value is -0.130. The molecule has 0 amide bonds. The third-order valence-electron chi connectivity index (χ3n) is 1.31. The van der Waals surface area contributed by atoms with Gasteiger partial charge in [-0.1, -0.05) is 0 Å². The lowest BCUT2D eigenvalue weighted by Gasteiger charge is -1.99. The van der Waals surface area contributed by atoms with E-state index in [9.17, 15) is 8.42 Å². The number of hydrogen-bond donors (Lipinski definition) is 2. The summed E-state index contributed by atoms with van der Waals surface area (Å²) in [7, 11) is -3.01. The number of unbranched alkanes of at least 4 members (excludes halogenated alkanes) is 1. The molecule has 0 aliphatic heterocycles. The van der Waals surface area contributed by atoms with Gasteiger partial charge >= 0.3 is 0 Å². The second-order valence-electron chi connectivity index (χ2n) is 2.37. The highest BCUT2D eigenvalue weighted by atomic mass is 32.2. The van der Waals surface area contributed by atoms with E-state index in [1.807, 2.05) is 0 Å². The van der Waals surface area contributed by atoms with Gasteiger partial charge in [0.1, 0.15) is 0 Å². The van der Waals surface area contributed by atoms with Gasteiger partial charge in [-0.2, -0.15) is 0 Å². The van der Waals surface area contributed by atoms with Crippen molar-refractivity contribution in [1.82, 2.24) is 0 Å². The van der Waals surface area contributed by atoms with Crippen molar-refractivity contribution in [2.24, 2.45) is 5.73 Å². The fourth-order valence-electron chi connectivity index (χ4n) is 0.707. The molecule has 0 saturated carbocycles. The Bertz CT molecular complexity index is 176. The minimum atomic E-state index is -3.01. The summed E-state index contributed by atoms with van der Waals surface area (Å²) in [6.45, 7) is 0.236. The molecule has 0 atom stereocenters. The zero-order valence-corrected chi connectivity index (χ0v) is 7.31. The van der Waals surface area contributed by atoms with Crippen LogP contribution in [0.5, 0.6) is 0 Å². The normalized spacial score (nSPS) is 11.8. The fourth-order valence-corrected chi connectivity index (χ4v) is 1.83. The minimum absolute atomic E-state index is 0.127. The first kappa shape index (κ1) is 10.9. The quantitative estimate of drug-likeness (QED) is 0.522. The van der Waals surface area contributed by atoms with Gasteiger partial charge in [0, 0.05) is 0 Å². The first-order chi connectivity index (χ1) is 5.12. The van der Waals surface area contributed by atoms with Crippen LogP contribution in [0.1, 0.15) is 12.8 Å². The SMILES string of the molecule is NCCCCS(=O)(=O)CCO. The first-order valence-corrected chi connectivity index (χ1v) is 5.46. The van der Waals surface area contributed by atoms with Crippen molar-refractivity contribution in [1.29, 1.82) is 0 Å². The Morgan fingerprint density at radius 3 is 2.27 bits per heavy atom. The molecule has 0 unspecified atom stereocenters. The number of nitrogens with two attached hydrogens (primary N) is 1. The zero-order chi connectivity index (χ0) is 8.74. The zero-order valence-electron chi connectivity index (χ0n) is 6.49. The molecule has 0 rings (SSSR count). The van der Waals surface area contributed by atoms with Crippen LogP contribution in [0.15, 0.2) is 0 Å². The highest BCUT2D eigenvalue weighted by Crippen LogP contribution is 1.95. The molecule has 68 valence electrons. The lowest BCUT2D eigenvalue weighted by molar-refractivity contribution is 0.319. The van der Waals surface area contributed by atoms with Crippen LogP contribution >= 0.6 is 0 Å². The molecule has 5 heteroatoms. The molecule has 0 fully saturated rings. The molecule has 0 spiro atoms. The number of aliphatic hydroxyl groups is 1. The fraction of sp³-hybridized carbons (Fsp3) is 1.00. The Morgan fingerprint density at radius 1 is 1.18 bits per heavy atom. The van der Waals surface area contributed by atoms with E-state index >= 15 is 0 Å². The van der Waals surface area contributed by atoms with Gasteiger partial charge in [0.2, 0.25) is 0 Å². The van der Waals surface area contributed by atoms with Gasteiger partial charge in [-0.25, -0.2) is 8.42 Å². The predicted octanol–water partition coefficient (Wildman–Crippen LogP) is -0.868. The molecule has 11 heavy (non-hydrogen) atoms. The maximum atomic E-state index is 10.9. The minimum Gasteiger partial charge on any atom is -0.395 e. The topological polar surface area (TPSA) is 80.4 Å². The summed E-state index contributed by atoms with van der Waals surface area (Å²) < 4.78 is 21.8. The van der Waals surface area contributed by atoms with Crippen molar-refractivity contribution in [2.45, 2.75) is 12.8 Å². The third kappa shape index (κ3) is 6.28. The number of sulfone groups is 1. The summed E-state index contributed by atoms with van der Waals surface area (Å²) in [6.07, 6.45) is 1.32. The van der Waals surface area contributed by atoms with Crippen LogP contribution in [0.4, 0.5) is 0 Å². The van der Waals surface area contributed by atoms with E-state index < -0.39 is 9.84 Å². The lowest BCUT2D eigenvalue weighted by atomic mass is 10.3. The molecule has 0 aliphatic rings. The molecule has 4 nitrogen and oxygen atoms in total. The van der Waals surface area contributed by atoms with Gasteiger partial charge in [-0.3, -0.25) is 0 Å². The molecule has 0 aromatic rings. The van der Waals surface area contributed by atoms with Crippen LogP contribution in [0.3, 0.4) is 0 Å². The van der Waals surface area contributed by atoms with Crippen LogP contribution in [-0.4, -0.2) is 38.2 Å². The lowest BCUT2D eigenvalue weighted by Crippen LogP contribution is -2.14. The van der Waals surface area contributed by atoms with Crippen molar-refractivity contribution < 1.29 is 13.5 Å². The summed E-state index contributed by atoms with van der Waals surface area (Å²) in [5.74, 6) is 0.0162. The van der Waals surface area contributed by atoms with Crippen molar-refractivity contribution in [2.75, 3.05) is 24.7 Å². The molecule has 0 bridgehead atoms. The van der Waals surface area contributed by atoms with Gasteiger partial charge in [-0.05, 0) is 19.4 Å². The van der Waals surface area contributed by atoms with E-state index in [-0.39, 0.29) is 18.1 Å². The largest absolute Gasteiger partial charge is 0.395 e. The summed E-state index contributed by atoms with van der Waals surface area (Å²) in [5, 5.41) is 8.35. The van der Waals surface area contributed by atoms with E-state index in [1.54, 1.807) is 0 Å². The molecule has 0 aromatic carbocycles. The van der Waals surface area contributed by atoms with E-state index in [2.05, 4.69) is 0 Å². The number of rotatable bonds is 6. The van der Waals surface area contributed by atoms with Crippen LogP contribution in [0, 0.1) is 0 Å². The molecule has 0 saturated heterocycles. The van der Waals surface area contributed by atoms with Gasteiger partial charge in [0.25, 0.3) is 0 Å². The van der Waals surface area contributed by atoms with Gasteiger partial charge in [-0.15, -0.1) is 0 Å². The maximum absolute atomic E-state index is 10.9. The summed E-state index contributed by atoms with van der Waals surface area (Å²) in [6, 6.07) is 0. The van der Waals surface area contributed by atoms with Gasteiger partial charge in [0.15, 0.2) is 9.84 Å². The smallest absolute Gasteiger partial charge is 0.152 e. The maximum Gasteiger partial charge on any atom is 0.152 e. The molecule has 0 aliphatic carbocycles. The standard InChI is InChI=1S/C6H15NO3S/c7-3-1-2-5-11(9,10)6-4-8/h8H,1-7H2. The second kappa shape index (κ2) is 5.51. The first-order valence-electron chi connectivity index (χ1n) is 3.64. The second-order valence-corrected chi connectivity index (χ2v) is 4.67. The average molecular weight is 181 g/mol. The highest BCUT2D eigenvalue weighted by Gasteiger charge is 2.07. The summed E-state index contributed by atoms with van der Waals surface area (Å²) in [5.41, 5.74) is 5.19. The number of aliphatic hydroxyl groups excluding tert-OH is 1. The Morgan fingerprint density at radius 2 is 1.82 bits per heavy atom. The molecule has 3 N–H and O–H groups in total. The molecular weight excluding hydrogens is 166 g/mol. The average Bonchev–Trinajstić information content (AvgIpc) is 1.87. The highest BCUT2D eigenvalue weighted by molar-refractivity contribution is 7.91. The van der Waals surface area contributed by atoms with Crippen molar-refractivity contribution >= 4 is 9.84 Å². The summed E-state index contributed by atoms with van der Waals surface area (Å²) in [4.78, 5) is 0. The van der Waals surface area contributed by atoms with Crippen LogP contribution in [-0.2, 0) is 9.84 Å². The van der Waals surface area contributed by atoms with Gasteiger partial charge < -0.3 is 10.8 Å². The van der Waals surface area contributed by atoms with E-state index in [1.165, 1.54) is 0 Å². The van der Waals surface area contributed by atoms with Gasteiger partial charge in [0.05, 0.1) is 18.1 Å². The monoisotopic (exact) mass is 181 g/mol. The Kier molecular flexibility index (Phi) is 5.45. The van der Waals surface area contributed by atoms with Crippen molar-refractivity contribution in [3.8, 4) is 0 Å². The number of hydrogen-bond acceptors (Lipinski definition) is 4. The van der Waals surface area contributed by atoms with Crippen LogP contribution < -0.4 is 5.73 Å². The van der Waals surface area contributed by atoms with E-state index in [0.29, 0.717) is 13.0 Å². The van der Waals surface area contributed by atoms with Crippen LogP contribution in [0.2, 0.25) is 0 Å². The Balaban J connectivity index is 3.56. The van der Waals surface area contributed by atoms with Crippen molar-refractivity contribution in [3.05, 3.63) is 0 Å². The molecule has 0 heterocycles.